The van der Waals surface area contributed by atoms with E-state index in [1.807, 2.05) is 0 Å². The molecule has 1 saturated heterocycles. The number of imidazole rings is 1. The highest BCUT2D eigenvalue weighted by Crippen LogP contribution is 2.24. The smallest absolute Gasteiger partial charge is 0.220 e. The third-order valence-electron chi connectivity index (χ3n) is 4.84. The second kappa shape index (κ2) is 6.63. The predicted octanol–water partition coefficient (Wildman–Crippen LogP) is 2.57. The molecule has 23 heavy (non-hydrogen) atoms. The van der Waals surface area contributed by atoms with Gasteiger partial charge in [0, 0.05) is 43.6 Å². The van der Waals surface area contributed by atoms with Gasteiger partial charge in [-0.25, -0.2) is 4.98 Å². The molecule has 5 heteroatoms. The van der Waals surface area contributed by atoms with Crippen molar-refractivity contribution < 1.29 is 9.53 Å². The third-order valence-corrected chi connectivity index (χ3v) is 4.84. The number of nitrogens with zero attached hydrogens (tertiary/aromatic N) is 2. The van der Waals surface area contributed by atoms with Crippen LogP contribution < -0.4 is 5.32 Å². The Hall–Kier alpha value is -1.36. The van der Waals surface area contributed by atoms with Crippen LogP contribution in [0.2, 0.25) is 0 Å². The van der Waals surface area contributed by atoms with E-state index in [-0.39, 0.29) is 17.4 Å². The lowest BCUT2D eigenvalue weighted by molar-refractivity contribution is -0.122. The molecule has 1 amide bonds. The topological polar surface area (TPSA) is 56.2 Å². The van der Waals surface area contributed by atoms with Crippen molar-refractivity contribution >= 4 is 5.91 Å². The maximum absolute atomic E-state index is 12.2. The molecule has 5 nitrogen and oxygen atoms in total. The van der Waals surface area contributed by atoms with Gasteiger partial charge < -0.3 is 14.6 Å². The molecule has 2 atom stereocenters. The van der Waals surface area contributed by atoms with Crippen LogP contribution in [-0.2, 0) is 27.9 Å². The van der Waals surface area contributed by atoms with E-state index in [0.29, 0.717) is 12.5 Å². The van der Waals surface area contributed by atoms with Gasteiger partial charge in [-0.2, -0.15) is 0 Å². The first-order valence-electron chi connectivity index (χ1n) is 8.89. The molecule has 1 aromatic rings. The van der Waals surface area contributed by atoms with Crippen molar-refractivity contribution in [3.63, 3.8) is 0 Å². The summed E-state index contributed by atoms with van der Waals surface area (Å²) in [4.78, 5) is 16.9. The van der Waals surface area contributed by atoms with Crippen molar-refractivity contribution in [3.05, 3.63) is 17.7 Å². The lowest BCUT2D eigenvalue weighted by Gasteiger charge is -2.25. The molecule has 1 aromatic heterocycles. The van der Waals surface area contributed by atoms with E-state index in [1.165, 1.54) is 0 Å². The summed E-state index contributed by atoms with van der Waals surface area (Å²) in [5, 5.41) is 3.19. The molecule has 2 aliphatic rings. The van der Waals surface area contributed by atoms with Crippen LogP contribution in [0.25, 0.3) is 0 Å². The van der Waals surface area contributed by atoms with Crippen LogP contribution in [0.1, 0.15) is 64.4 Å². The minimum atomic E-state index is 0.0738. The Morgan fingerprint density at radius 3 is 2.96 bits per heavy atom. The van der Waals surface area contributed by atoms with Crippen molar-refractivity contribution in [2.24, 2.45) is 0 Å². The SMILES string of the molecule is CC(C)(C)c1cn2c(n1)CC[C@H](NC(=O)CC[C@@H]1CCCO1)C2. The van der Waals surface area contributed by atoms with Gasteiger partial charge in [-0.3, -0.25) is 4.79 Å². The van der Waals surface area contributed by atoms with E-state index < -0.39 is 0 Å². The molecule has 1 fully saturated rings. The zero-order valence-corrected chi connectivity index (χ0v) is 14.6. The average molecular weight is 319 g/mol. The molecule has 0 radical (unpaired) electrons. The first-order valence-corrected chi connectivity index (χ1v) is 8.89. The van der Waals surface area contributed by atoms with Gasteiger partial charge in [0.1, 0.15) is 5.82 Å². The van der Waals surface area contributed by atoms with Crippen molar-refractivity contribution in [2.45, 2.75) is 83.4 Å². The number of carbonyl (C=O) groups excluding carboxylic acids is 1. The second-order valence-corrected chi connectivity index (χ2v) is 7.92. The zero-order valence-electron chi connectivity index (χ0n) is 14.6. The molecule has 0 aliphatic carbocycles. The van der Waals surface area contributed by atoms with Gasteiger partial charge >= 0.3 is 0 Å². The highest BCUT2D eigenvalue weighted by atomic mass is 16.5. The Morgan fingerprint density at radius 1 is 1.43 bits per heavy atom. The van der Waals surface area contributed by atoms with E-state index in [4.69, 9.17) is 9.72 Å². The molecule has 0 bridgehead atoms. The number of ether oxygens (including phenoxy) is 1. The second-order valence-electron chi connectivity index (χ2n) is 7.92. The minimum absolute atomic E-state index is 0.0738. The normalized spacial score (nSPS) is 24.5. The number of aromatic nitrogens is 2. The quantitative estimate of drug-likeness (QED) is 0.928. The van der Waals surface area contributed by atoms with Gasteiger partial charge in [-0.1, -0.05) is 20.8 Å². The van der Waals surface area contributed by atoms with Crippen molar-refractivity contribution in [1.29, 1.82) is 0 Å². The molecule has 2 aliphatic heterocycles. The molecule has 0 unspecified atom stereocenters. The summed E-state index contributed by atoms with van der Waals surface area (Å²) in [5.74, 6) is 1.31. The first-order chi connectivity index (χ1) is 10.9. The Labute approximate surface area is 138 Å². The van der Waals surface area contributed by atoms with E-state index in [9.17, 15) is 4.79 Å². The van der Waals surface area contributed by atoms with Crippen LogP contribution in [0, 0.1) is 0 Å². The standard InChI is InChI=1S/C18H29N3O2/c1-18(2,3)15-12-21-11-13(6-8-16(21)20-15)19-17(22)9-7-14-5-4-10-23-14/h12-14H,4-11H2,1-3H3,(H,19,22)/t13-,14-/m0/s1. The maximum atomic E-state index is 12.2. The fourth-order valence-electron chi connectivity index (χ4n) is 3.39. The van der Waals surface area contributed by atoms with Gasteiger partial charge in [0.15, 0.2) is 0 Å². The van der Waals surface area contributed by atoms with Gasteiger partial charge in [-0.05, 0) is 25.7 Å². The molecule has 3 rings (SSSR count). The Kier molecular flexibility index (Phi) is 4.76. The summed E-state index contributed by atoms with van der Waals surface area (Å²) in [6.07, 6.45) is 8.02. The largest absolute Gasteiger partial charge is 0.378 e. The zero-order chi connectivity index (χ0) is 16.4. The summed E-state index contributed by atoms with van der Waals surface area (Å²) in [6.45, 7) is 8.25. The number of hydrogen-bond donors (Lipinski definition) is 1. The number of nitrogens with one attached hydrogen (secondary N) is 1. The highest BCUT2D eigenvalue weighted by Gasteiger charge is 2.25. The van der Waals surface area contributed by atoms with Crippen LogP contribution in [0.5, 0.6) is 0 Å². The Bertz CT molecular complexity index is 553. The Balaban J connectivity index is 1.50. The summed E-state index contributed by atoms with van der Waals surface area (Å²) >= 11 is 0. The molecule has 1 N–H and O–H groups in total. The van der Waals surface area contributed by atoms with Gasteiger partial charge in [0.2, 0.25) is 5.91 Å². The summed E-state index contributed by atoms with van der Waals surface area (Å²) in [6, 6.07) is 0.224. The molecule has 128 valence electrons. The average Bonchev–Trinajstić information content (AvgIpc) is 3.13. The Morgan fingerprint density at radius 2 is 2.26 bits per heavy atom. The summed E-state index contributed by atoms with van der Waals surface area (Å²) < 4.78 is 7.80. The minimum Gasteiger partial charge on any atom is -0.378 e. The molecular weight excluding hydrogens is 290 g/mol. The van der Waals surface area contributed by atoms with Crippen LogP contribution in [-0.4, -0.2) is 34.2 Å². The van der Waals surface area contributed by atoms with Crippen molar-refractivity contribution in [1.82, 2.24) is 14.9 Å². The van der Waals surface area contributed by atoms with Crippen molar-refractivity contribution in [3.8, 4) is 0 Å². The fraction of sp³-hybridized carbons (Fsp3) is 0.778. The maximum Gasteiger partial charge on any atom is 0.220 e. The van der Waals surface area contributed by atoms with Crippen molar-refractivity contribution in [2.75, 3.05) is 6.61 Å². The number of aryl methyl sites for hydroxylation is 1. The molecule has 3 heterocycles. The monoisotopic (exact) mass is 319 g/mol. The number of amides is 1. The first kappa shape index (κ1) is 16.5. The van der Waals surface area contributed by atoms with E-state index in [2.05, 4.69) is 36.9 Å². The van der Waals surface area contributed by atoms with Crippen LogP contribution in [0.4, 0.5) is 0 Å². The third kappa shape index (κ3) is 4.14. The fourth-order valence-corrected chi connectivity index (χ4v) is 3.39. The molecular formula is C18H29N3O2. The molecule has 0 aromatic carbocycles. The number of fused-ring (bicyclic) bond motifs is 1. The molecule has 0 spiro atoms. The van der Waals surface area contributed by atoms with E-state index in [0.717, 1.165) is 56.8 Å². The lowest BCUT2D eigenvalue weighted by Crippen LogP contribution is -2.41. The highest BCUT2D eigenvalue weighted by molar-refractivity contribution is 5.76. The van der Waals surface area contributed by atoms with E-state index in [1.54, 1.807) is 0 Å². The van der Waals surface area contributed by atoms with E-state index >= 15 is 0 Å². The molecule has 0 saturated carbocycles. The van der Waals surface area contributed by atoms with Crippen LogP contribution >= 0.6 is 0 Å². The number of carbonyl (C=O) groups is 1. The van der Waals surface area contributed by atoms with Gasteiger partial charge in [0.25, 0.3) is 0 Å². The van der Waals surface area contributed by atoms with Crippen LogP contribution in [0.3, 0.4) is 0 Å². The summed E-state index contributed by atoms with van der Waals surface area (Å²) in [7, 11) is 0. The summed E-state index contributed by atoms with van der Waals surface area (Å²) in [5.41, 5.74) is 1.21. The van der Waals surface area contributed by atoms with Gasteiger partial charge in [-0.15, -0.1) is 0 Å². The lowest BCUT2D eigenvalue weighted by atomic mass is 9.93. The number of hydrogen-bond acceptors (Lipinski definition) is 3. The van der Waals surface area contributed by atoms with Gasteiger partial charge in [0.05, 0.1) is 11.8 Å². The number of rotatable bonds is 4. The predicted molar refractivity (Wildman–Crippen MR) is 89.4 cm³/mol. The van der Waals surface area contributed by atoms with Crippen LogP contribution in [0.15, 0.2) is 6.20 Å².